The summed E-state index contributed by atoms with van der Waals surface area (Å²) in [5.41, 5.74) is 4.82. The Labute approximate surface area is 114 Å². The summed E-state index contributed by atoms with van der Waals surface area (Å²) in [5, 5.41) is 3.33. The molecule has 0 radical (unpaired) electrons. The summed E-state index contributed by atoms with van der Waals surface area (Å²) in [4.78, 5) is 16.8. The van der Waals surface area contributed by atoms with Gasteiger partial charge in [-0.15, -0.1) is 0 Å². The Hall–Kier alpha value is -1.55. The zero-order valence-corrected chi connectivity index (χ0v) is 11.9. The molecular weight excluding hydrogens is 238 g/mol. The molecule has 0 bridgehead atoms. The van der Waals surface area contributed by atoms with Gasteiger partial charge in [-0.3, -0.25) is 4.79 Å². The fourth-order valence-electron chi connectivity index (χ4n) is 3.33. The maximum absolute atomic E-state index is 12.6. The number of carbonyl (C=O) groups excluding carboxylic acids is 1. The van der Waals surface area contributed by atoms with E-state index in [-0.39, 0.29) is 11.9 Å². The molecule has 1 N–H and O–H groups in total. The van der Waals surface area contributed by atoms with Gasteiger partial charge in [0, 0.05) is 26.2 Å². The predicted octanol–water partition coefficient (Wildman–Crippen LogP) is 1.45. The number of nitrogens with one attached hydrogen (secondary N) is 1. The van der Waals surface area contributed by atoms with Crippen LogP contribution in [0.5, 0.6) is 0 Å². The van der Waals surface area contributed by atoms with Gasteiger partial charge in [-0.05, 0) is 38.0 Å². The molecule has 2 aliphatic heterocycles. The predicted molar refractivity (Wildman–Crippen MR) is 77.9 cm³/mol. The fourth-order valence-corrected chi connectivity index (χ4v) is 3.33. The summed E-state index contributed by atoms with van der Waals surface area (Å²) in [6, 6.07) is 4.31. The Morgan fingerprint density at radius 3 is 2.89 bits per heavy atom. The normalized spacial score (nSPS) is 22.3. The highest BCUT2D eigenvalue weighted by atomic mass is 16.2. The molecule has 102 valence electrons. The van der Waals surface area contributed by atoms with Crippen LogP contribution in [-0.4, -0.2) is 38.1 Å². The van der Waals surface area contributed by atoms with Crippen LogP contribution in [0.4, 0.5) is 11.4 Å². The number of hydrogen-bond acceptors (Lipinski definition) is 3. The molecule has 4 heteroatoms. The van der Waals surface area contributed by atoms with E-state index in [4.69, 9.17) is 0 Å². The topological polar surface area (TPSA) is 35.6 Å². The summed E-state index contributed by atoms with van der Waals surface area (Å²) in [7, 11) is 0. The van der Waals surface area contributed by atoms with Crippen molar-refractivity contribution >= 4 is 17.3 Å². The van der Waals surface area contributed by atoms with Crippen LogP contribution in [0.3, 0.4) is 0 Å². The third-order valence-corrected chi connectivity index (χ3v) is 4.11. The molecule has 1 saturated heterocycles. The molecule has 1 fully saturated rings. The van der Waals surface area contributed by atoms with Crippen LogP contribution >= 0.6 is 0 Å². The highest BCUT2D eigenvalue weighted by Gasteiger charge is 2.39. The quantitative estimate of drug-likeness (QED) is 0.829. The van der Waals surface area contributed by atoms with Gasteiger partial charge in [0.05, 0.1) is 11.4 Å². The average Bonchev–Trinajstić information content (AvgIpc) is 2.38. The molecular formula is C15H21N3O. The number of amides is 1. The van der Waals surface area contributed by atoms with Gasteiger partial charge in [0.15, 0.2) is 0 Å². The van der Waals surface area contributed by atoms with Gasteiger partial charge < -0.3 is 15.1 Å². The zero-order valence-electron chi connectivity index (χ0n) is 11.9. The Morgan fingerprint density at radius 2 is 2.16 bits per heavy atom. The van der Waals surface area contributed by atoms with E-state index in [1.165, 1.54) is 16.8 Å². The largest absolute Gasteiger partial charge is 0.355 e. The fraction of sp³-hybridized carbons (Fsp3) is 0.533. The Bertz CT molecular complexity index is 526. The van der Waals surface area contributed by atoms with E-state index in [1.54, 1.807) is 0 Å². The second-order valence-corrected chi connectivity index (χ2v) is 5.45. The summed E-state index contributed by atoms with van der Waals surface area (Å²) in [6.07, 6.45) is 0. The van der Waals surface area contributed by atoms with Crippen LogP contribution in [0.15, 0.2) is 12.1 Å². The Morgan fingerprint density at radius 1 is 1.37 bits per heavy atom. The van der Waals surface area contributed by atoms with E-state index in [2.05, 4.69) is 36.2 Å². The van der Waals surface area contributed by atoms with Crippen LogP contribution in [0.1, 0.15) is 18.1 Å². The van der Waals surface area contributed by atoms with Crippen LogP contribution < -0.4 is 15.1 Å². The average molecular weight is 259 g/mol. The van der Waals surface area contributed by atoms with Crippen LogP contribution in [0.25, 0.3) is 0 Å². The van der Waals surface area contributed by atoms with Crippen LogP contribution in [0, 0.1) is 13.8 Å². The molecule has 2 aliphatic rings. The molecule has 1 aromatic rings. The van der Waals surface area contributed by atoms with E-state index >= 15 is 0 Å². The van der Waals surface area contributed by atoms with Crippen molar-refractivity contribution in [1.29, 1.82) is 0 Å². The lowest BCUT2D eigenvalue weighted by atomic mass is 9.99. The van der Waals surface area contributed by atoms with Crippen molar-refractivity contribution in [1.82, 2.24) is 5.32 Å². The summed E-state index contributed by atoms with van der Waals surface area (Å²) in [5.74, 6) is 0.229. The van der Waals surface area contributed by atoms with Crippen molar-refractivity contribution in [3.63, 3.8) is 0 Å². The van der Waals surface area contributed by atoms with Crippen molar-refractivity contribution in [2.24, 2.45) is 0 Å². The minimum absolute atomic E-state index is 0.0393. The van der Waals surface area contributed by atoms with Crippen LogP contribution in [0.2, 0.25) is 0 Å². The molecule has 19 heavy (non-hydrogen) atoms. The number of anilines is 2. The van der Waals surface area contributed by atoms with Crippen LogP contribution in [-0.2, 0) is 4.79 Å². The van der Waals surface area contributed by atoms with Gasteiger partial charge >= 0.3 is 0 Å². The third-order valence-electron chi connectivity index (χ3n) is 4.11. The summed E-state index contributed by atoms with van der Waals surface area (Å²) >= 11 is 0. The Kier molecular flexibility index (Phi) is 2.97. The molecule has 0 spiro atoms. The maximum atomic E-state index is 12.6. The van der Waals surface area contributed by atoms with E-state index in [9.17, 15) is 4.79 Å². The number of benzene rings is 1. The van der Waals surface area contributed by atoms with Gasteiger partial charge in [0.1, 0.15) is 6.04 Å². The molecule has 0 saturated carbocycles. The minimum atomic E-state index is -0.0393. The lowest BCUT2D eigenvalue weighted by Gasteiger charge is -2.46. The third kappa shape index (κ3) is 1.82. The van der Waals surface area contributed by atoms with Crippen molar-refractivity contribution in [3.05, 3.63) is 23.3 Å². The standard InChI is InChI=1S/C15H21N3O/c1-4-17-12-8-10(2)7-11(3)14(12)18-6-5-16-9-13(18)15(17)19/h7-8,13,16H,4-6,9H2,1-3H3. The van der Waals surface area contributed by atoms with E-state index < -0.39 is 0 Å². The SMILES string of the molecule is CCN1C(=O)C2CNCCN2c2c(C)cc(C)cc21. The van der Waals surface area contributed by atoms with Crippen molar-refractivity contribution < 1.29 is 4.79 Å². The number of aryl methyl sites for hydroxylation is 2. The number of piperazine rings is 1. The van der Waals surface area contributed by atoms with E-state index in [0.29, 0.717) is 0 Å². The van der Waals surface area contributed by atoms with Gasteiger partial charge in [0.25, 0.3) is 5.91 Å². The van der Waals surface area contributed by atoms with Gasteiger partial charge in [-0.2, -0.15) is 0 Å². The Balaban J connectivity index is 2.19. The lowest BCUT2D eigenvalue weighted by Crippen LogP contribution is -2.62. The first-order chi connectivity index (χ1) is 9.13. The lowest BCUT2D eigenvalue weighted by molar-refractivity contribution is -0.120. The van der Waals surface area contributed by atoms with Gasteiger partial charge in [0.2, 0.25) is 0 Å². The first-order valence-electron chi connectivity index (χ1n) is 7.03. The molecule has 1 aromatic carbocycles. The van der Waals surface area contributed by atoms with E-state index in [0.717, 1.165) is 31.9 Å². The smallest absolute Gasteiger partial charge is 0.251 e. The molecule has 1 unspecified atom stereocenters. The van der Waals surface area contributed by atoms with Crippen molar-refractivity contribution in [2.75, 3.05) is 36.0 Å². The molecule has 1 atom stereocenters. The second-order valence-electron chi connectivity index (χ2n) is 5.45. The molecule has 3 rings (SSSR count). The monoisotopic (exact) mass is 259 g/mol. The highest BCUT2D eigenvalue weighted by molar-refractivity contribution is 6.06. The number of fused-ring (bicyclic) bond motifs is 3. The molecule has 0 aromatic heterocycles. The maximum Gasteiger partial charge on any atom is 0.251 e. The molecule has 0 aliphatic carbocycles. The second kappa shape index (κ2) is 4.53. The first-order valence-corrected chi connectivity index (χ1v) is 7.03. The first kappa shape index (κ1) is 12.5. The number of rotatable bonds is 1. The van der Waals surface area contributed by atoms with Gasteiger partial charge in [-0.25, -0.2) is 0 Å². The highest BCUT2D eigenvalue weighted by Crippen LogP contribution is 2.39. The minimum Gasteiger partial charge on any atom is -0.355 e. The van der Waals surface area contributed by atoms with Crippen molar-refractivity contribution in [3.8, 4) is 0 Å². The molecule has 2 heterocycles. The number of nitrogens with zero attached hydrogens (tertiary/aromatic N) is 2. The number of carbonyl (C=O) groups is 1. The molecule has 1 amide bonds. The summed E-state index contributed by atoms with van der Waals surface area (Å²) in [6.45, 7) is 9.63. The zero-order chi connectivity index (χ0) is 13.6. The number of hydrogen-bond donors (Lipinski definition) is 1. The van der Waals surface area contributed by atoms with Gasteiger partial charge in [-0.1, -0.05) is 6.07 Å². The van der Waals surface area contributed by atoms with Crippen molar-refractivity contribution in [2.45, 2.75) is 26.8 Å². The molecule has 4 nitrogen and oxygen atoms in total. The number of likely N-dealkylation sites (N-methyl/N-ethyl adjacent to an activating group) is 1. The summed E-state index contributed by atoms with van der Waals surface area (Å²) < 4.78 is 0. The van der Waals surface area contributed by atoms with E-state index in [1.807, 2.05) is 11.8 Å².